The van der Waals surface area contributed by atoms with E-state index in [4.69, 9.17) is 14.6 Å². The van der Waals surface area contributed by atoms with Crippen molar-refractivity contribution in [1.29, 1.82) is 0 Å². The van der Waals surface area contributed by atoms with E-state index in [-0.39, 0.29) is 12.7 Å². The van der Waals surface area contributed by atoms with Gasteiger partial charge in [0.15, 0.2) is 0 Å². The molecule has 0 aromatic heterocycles. The maximum Gasteiger partial charge on any atom is 0.331 e. The largest absolute Gasteiger partial charge is 0.464 e. The second-order valence-corrected chi connectivity index (χ2v) is 3.02. The standard InChI is InChI=1S/C9H17NO5/c1-7(14-2)3-4-15-9(13)8(5-11)10-6-12/h6-8,11H,3-5H2,1-2H3,(H,10,12)/t7-,8+/m1/s1. The number of hydrogen-bond donors (Lipinski definition) is 2. The van der Waals surface area contributed by atoms with E-state index in [1.807, 2.05) is 6.92 Å². The fourth-order valence-corrected chi connectivity index (χ4v) is 0.821. The van der Waals surface area contributed by atoms with Crippen molar-refractivity contribution in [2.24, 2.45) is 0 Å². The number of ether oxygens (including phenoxy) is 2. The van der Waals surface area contributed by atoms with Gasteiger partial charge in [0.25, 0.3) is 0 Å². The van der Waals surface area contributed by atoms with Crippen LogP contribution in [0.25, 0.3) is 0 Å². The number of aliphatic hydroxyl groups is 1. The van der Waals surface area contributed by atoms with E-state index in [9.17, 15) is 9.59 Å². The Morgan fingerprint density at radius 2 is 2.27 bits per heavy atom. The number of esters is 1. The highest BCUT2D eigenvalue weighted by Gasteiger charge is 2.17. The zero-order valence-corrected chi connectivity index (χ0v) is 8.93. The Morgan fingerprint density at radius 3 is 2.73 bits per heavy atom. The predicted molar refractivity (Wildman–Crippen MR) is 52.1 cm³/mol. The first kappa shape index (κ1) is 13.9. The van der Waals surface area contributed by atoms with Crippen molar-refractivity contribution >= 4 is 12.4 Å². The van der Waals surface area contributed by atoms with Gasteiger partial charge >= 0.3 is 5.97 Å². The lowest BCUT2D eigenvalue weighted by Crippen LogP contribution is -2.40. The Balaban J connectivity index is 3.75. The van der Waals surface area contributed by atoms with Crippen molar-refractivity contribution in [3.8, 4) is 0 Å². The zero-order valence-electron chi connectivity index (χ0n) is 8.93. The minimum Gasteiger partial charge on any atom is -0.464 e. The summed E-state index contributed by atoms with van der Waals surface area (Å²) in [5, 5.41) is 10.9. The molecule has 0 unspecified atom stereocenters. The topological polar surface area (TPSA) is 84.9 Å². The highest BCUT2D eigenvalue weighted by atomic mass is 16.5. The molecule has 1 amide bonds. The fraction of sp³-hybridized carbons (Fsp3) is 0.778. The van der Waals surface area contributed by atoms with Gasteiger partial charge in [-0.2, -0.15) is 0 Å². The minimum atomic E-state index is -0.986. The van der Waals surface area contributed by atoms with Crippen LogP contribution in [-0.2, 0) is 19.1 Å². The van der Waals surface area contributed by atoms with Crippen LogP contribution < -0.4 is 5.32 Å². The third kappa shape index (κ3) is 6.03. The van der Waals surface area contributed by atoms with Gasteiger partial charge < -0.3 is 19.9 Å². The fourth-order valence-electron chi connectivity index (χ4n) is 0.821. The van der Waals surface area contributed by atoms with Crippen molar-refractivity contribution in [1.82, 2.24) is 5.32 Å². The van der Waals surface area contributed by atoms with E-state index in [2.05, 4.69) is 5.32 Å². The van der Waals surface area contributed by atoms with Crippen LogP contribution in [0.5, 0.6) is 0 Å². The maximum absolute atomic E-state index is 11.2. The molecular formula is C9H17NO5. The molecule has 0 aromatic carbocycles. The van der Waals surface area contributed by atoms with Gasteiger partial charge in [0.1, 0.15) is 6.04 Å². The van der Waals surface area contributed by atoms with E-state index >= 15 is 0 Å². The monoisotopic (exact) mass is 219 g/mol. The van der Waals surface area contributed by atoms with Crippen LogP contribution in [0, 0.1) is 0 Å². The molecule has 0 heterocycles. The lowest BCUT2D eigenvalue weighted by molar-refractivity contribution is -0.148. The first-order valence-electron chi connectivity index (χ1n) is 4.65. The Hall–Kier alpha value is -1.14. The smallest absolute Gasteiger partial charge is 0.331 e. The summed E-state index contributed by atoms with van der Waals surface area (Å²) in [7, 11) is 1.57. The molecule has 0 saturated heterocycles. The summed E-state index contributed by atoms with van der Waals surface area (Å²) in [6, 6.07) is -0.986. The average Bonchev–Trinajstić information content (AvgIpc) is 2.25. The summed E-state index contributed by atoms with van der Waals surface area (Å²) in [4.78, 5) is 21.2. The van der Waals surface area contributed by atoms with Crippen LogP contribution >= 0.6 is 0 Å². The Labute approximate surface area is 88.6 Å². The van der Waals surface area contributed by atoms with Crippen molar-refractivity contribution in [2.75, 3.05) is 20.3 Å². The molecule has 2 atom stereocenters. The molecule has 6 nitrogen and oxygen atoms in total. The highest BCUT2D eigenvalue weighted by Crippen LogP contribution is 1.97. The van der Waals surface area contributed by atoms with Crippen LogP contribution in [0.1, 0.15) is 13.3 Å². The molecule has 0 saturated carbocycles. The molecule has 0 rings (SSSR count). The van der Waals surface area contributed by atoms with Gasteiger partial charge in [-0.1, -0.05) is 0 Å². The van der Waals surface area contributed by atoms with Crippen molar-refractivity contribution < 1.29 is 24.2 Å². The third-order valence-corrected chi connectivity index (χ3v) is 1.91. The summed E-state index contributed by atoms with van der Waals surface area (Å²) < 4.78 is 9.77. The van der Waals surface area contributed by atoms with Gasteiger partial charge in [-0.15, -0.1) is 0 Å². The van der Waals surface area contributed by atoms with Crippen LogP contribution in [0.2, 0.25) is 0 Å². The molecule has 0 aliphatic carbocycles. The first-order valence-corrected chi connectivity index (χ1v) is 4.65. The Bertz CT molecular complexity index is 197. The summed E-state index contributed by atoms with van der Waals surface area (Å²) >= 11 is 0. The average molecular weight is 219 g/mol. The van der Waals surface area contributed by atoms with Crippen LogP contribution in [0.4, 0.5) is 0 Å². The van der Waals surface area contributed by atoms with Crippen LogP contribution in [0.15, 0.2) is 0 Å². The SMILES string of the molecule is CO[C@H](C)CCOC(=O)[C@H](CO)NC=O. The Kier molecular flexibility index (Phi) is 7.57. The number of amides is 1. The summed E-state index contributed by atoms with van der Waals surface area (Å²) in [6.45, 7) is 1.57. The van der Waals surface area contributed by atoms with Gasteiger partial charge in [-0.3, -0.25) is 4.79 Å². The second-order valence-electron chi connectivity index (χ2n) is 3.02. The van der Waals surface area contributed by atoms with Gasteiger partial charge in [0, 0.05) is 13.5 Å². The number of aliphatic hydroxyl groups excluding tert-OH is 1. The van der Waals surface area contributed by atoms with E-state index < -0.39 is 18.6 Å². The summed E-state index contributed by atoms with van der Waals surface area (Å²) in [6.07, 6.45) is 0.922. The van der Waals surface area contributed by atoms with E-state index in [0.717, 1.165) is 0 Å². The molecule has 0 radical (unpaired) electrons. The molecule has 6 heteroatoms. The first-order chi connectivity index (χ1) is 7.15. The van der Waals surface area contributed by atoms with E-state index in [1.165, 1.54) is 0 Å². The molecule has 0 fully saturated rings. The number of hydrogen-bond acceptors (Lipinski definition) is 5. The molecule has 15 heavy (non-hydrogen) atoms. The molecule has 0 aliphatic heterocycles. The zero-order chi connectivity index (χ0) is 11.7. The number of carbonyl (C=O) groups excluding carboxylic acids is 2. The lowest BCUT2D eigenvalue weighted by atomic mass is 10.3. The van der Waals surface area contributed by atoms with Crippen molar-refractivity contribution in [2.45, 2.75) is 25.5 Å². The van der Waals surface area contributed by atoms with E-state index in [1.54, 1.807) is 7.11 Å². The van der Waals surface area contributed by atoms with Gasteiger partial charge in [-0.25, -0.2) is 4.79 Å². The van der Waals surface area contributed by atoms with Crippen LogP contribution in [-0.4, -0.2) is 50.0 Å². The highest BCUT2D eigenvalue weighted by molar-refractivity contribution is 5.78. The molecule has 88 valence electrons. The normalized spacial score (nSPS) is 14.1. The molecule has 0 bridgehead atoms. The minimum absolute atomic E-state index is 0.00408. The van der Waals surface area contributed by atoms with Gasteiger partial charge in [0.2, 0.25) is 6.41 Å². The number of rotatable bonds is 8. The molecular weight excluding hydrogens is 202 g/mol. The van der Waals surface area contributed by atoms with Crippen LogP contribution in [0.3, 0.4) is 0 Å². The predicted octanol–water partition coefficient (Wildman–Crippen LogP) is -0.938. The molecule has 2 N–H and O–H groups in total. The number of nitrogens with one attached hydrogen (secondary N) is 1. The van der Waals surface area contributed by atoms with Crippen molar-refractivity contribution in [3.63, 3.8) is 0 Å². The second kappa shape index (κ2) is 8.19. The quantitative estimate of drug-likeness (QED) is 0.406. The number of methoxy groups -OCH3 is 1. The van der Waals surface area contributed by atoms with E-state index in [0.29, 0.717) is 12.8 Å². The summed E-state index contributed by atoms with van der Waals surface area (Å²) in [5.41, 5.74) is 0. The molecule has 0 aliphatic rings. The van der Waals surface area contributed by atoms with Gasteiger partial charge in [0.05, 0.1) is 19.3 Å². The maximum atomic E-state index is 11.2. The molecule has 0 aromatic rings. The third-order valence-electron chi connectivity index (χ3n) is 1.91. The molecule has 0 spiro atoms. The number of carbonyl (C=O) groups is 2. The Morgan fingerprint density at radius 1 is 1.60 bits per heavy atom. The summed E-state index contributed by atoms with van der Waals surface area (Å²) in [5.74, 6) is -0.645. The van der Waals surface area contributed by atoms with Crippen molar-refractivity contribution in [3.05, 3.63) is 0 Å². The van der Waals surface area contributed by atoms with Gasteiger partial charge in [-0.05, 0) is 6.92 Å². The lowest BCUT2D eigenvalue weighted by Gasteiger charge is -2.13.